The van der Waals surface area contributed by atoms with Gasteiger partial charge in [-0.05, 0) is 23.8 Å². The van der Waals surface area contributed by atoms with E-state index in [9.17, 15) is 22.4 Å². The van der Waals surface area contributed by atoms with Gasteiger partial charge >= 0.3 is 0 Å². The Morgan fingerprint density at radius 3 is 2.47 bits per heavy atom. The lowest BCUT2D eigenvalue weighted by Crippen LogP contribution is -2.47. The molecule has 2 heterocycles. The summed E-state index contributed by atoms with van der Waals surface area (Å²) in [5, 5.41) is 0. The average Bonchev–Trinajstić information content (AvgIpc) is 2.98. The fraction of sp³-hybridized carbons (Fsp3) is 0.333. The summed E-state index contributed by atoms with van der Waals surface area (Å²) in [5.41, 5.74) is 0.613. The van der Waals surface area contributed by atoms with Crippen molar-refractivity contribution in [3.8, 4) is 11.5 Å². The van der Waals surface area contributed by atoms with Crippen molar-refractivity contribution in [2.24, 2.45) is 0 Å². The van der Waals surface area contributed by atoms with Crippen LogP contribution in [0.2, 0.25) is 0 Å². The molecule has 2 aromatic carbocycles. The highest BCUT2D eigenvalue weighted by molar-refractivity contribution is 7.90. The molecule has 32 heavy (non-hydrogen) atoms. The van der Waals surface area contributed by atoms with Crippen molar-refractivity contribution >= 4 is 21.8 Å². The van der Waals surface area contributed by atoms with E-state index in [0.717, 1.165) is 0 Å². The van der Waals surface area contributed by atoms with Crippen molar-refractivity contribution in [3.63, 3.8) is 0 Å². The van der Waals surface area contributed by atoms with Crippen LogP contribution >= 0.6 is 0 Å². The predicted octanol–water partition coefficient (Wildman–Crippen LogP) is 1.59. The van der Waals surface area contributed by atoms with Crippen molar-refractivity contribution in [2.45, 2.75) is 11.0 Å². The Hall–Kier alpha value is -3.18. The second-order valence-corrected chi connectivity index (χ2v) is 9.10. The third-order valence-electron chi connectivity index (χ3n) is 5.45. The Labute approximate surface area is 184 Å². The van der Waals surface area contributed by atoms with Gasteiger partial charge in [0.2, 0.25) is 5.91 Å². The second-order valence-electron chi connectivity index (χ2n) is 7.27. The number of morpholine rings is 1. The first-order chi connectivity index (χ1) is 15.3. The van der Waals surface area contributed by atoms with Gasteiger partial charge in [-0.15, -0.1) is 0 Å². The van der Waals surface area contributed by atoms with Crippen LogP contribution < -0.4 is 9.47 Å². The van der Waals surface area contributed by atoms with Gasteiger partial charge in [0, 0.05) is 12.6 Å². The van der Waals surface area contributed by atoms with E-state index in [1.165, 1.54) is 43.4 Å². The van der Waals surface area contributed by atoms with Gasteiger partial charge in [-0.25, -0.2) is 17.1 Å². The van der Waals surface area contributed by atoms with E-state index in [2.05, 4.69) is 0 Å². The second kappa shape index (κ2) is 8.40. The van der Waals surface area contributed by atoms with Crippen molar-refractivity contribution in [1.29, 1.82) is 0 Å². The highest BCUT2D eigenvalue weighted by Crippen LogP contribution is 2.38. The van der Waals surface area contributed by atoms with Crippen LogP contribution in [0.5, 0.6) is 11.5 Å². The summed E-state index contributed by atoms with van der Waals surface area (Å²) in [4.78, 5) is 27.0. The summed E-state index contributed by atoms with van der Waals surface area (Å²) in [6, 6.07) is 8.24. The van der Waals surface area contributed by atoms with Crippen LogP contribution in [0.15, 0.2) is 41.3 Å². The summed E-state index contributed by atoms with van der Waals surface area (Å²) < 4.78 is 55.7. The van der Waals surface area contributed by atoms with Crippen LogP contribution in [-0.2, 0) is 19.6 Å². The van der Waals surface area contributed by atoms with Crippen LogP contribution in [0.25, 0.3) is 0 Å². The van der Waals surface area contributed by atoms with Gasteiger partial charge < -0.3 is 19.1 Å². The van der Waals surface area contributed by atoms with Crippen LogP contribution in [0.4, 0.5) is 4.39 Å². The Bertz CT molecular complexity index is 1170. The Balaban J connectivity index is 1.54. The van der Waals surface area contributed by atoms with Crippen LogP contribution in [0.3, 0.4) is 0 Å². The molecule has 0 aromatic heterocycles. The van der Waals surface area contributed by atoms with Crippen LogP contribution in [0, 0.1) is 5.82 Å². The van der Waals surface area contributed by atoms with Crippen LogP contribution in [-0.4, -0.2) is 69.9 Å². The number of rotatable bonds is 5. The molecule has 0 aliphatic carbocycles. The Morgan fingerprint density at radius 2 is 1.81 bits per heavy atom. The number of fused-ring (bicyclic) bond motifs is 1. The zero-order chi connectivity index (χ0) is 23.0. The molecule has 1 atom stereocenters. The molecule has 1 unspecified atom stereocenters. The van der Waals surface area contributed by atoms with E-state index < -0.39 is 34.5 Å². The molecule has 0 radical (unpaired) electrons. The number of sulfonamides is 1. The minimum absolute atomic E-state index is 0.0818. The van der Waals surface area contributed by atoms with E-state index in [1.807, 2.05) is 0 Å². The van der Waals surface area contributed by atoms with Gasteiger partial charge in [-0.2, -0.15) is 0 Å². The fourth-order valence-electron chi connectivity index (χ4n) is 3.74. The number of amides is 2. The van der Waals surface area contributed by atoms with Gasteiger partial charge in [0.25, 0.3) is 15.9 Å². The summed E-state index contributed by atoms with van der Waals surface area (Å²) in [6.45, 7) is -0.0198. The normalized spacial score (nSPS) is 19.6. The first-order valence-electron chi connectivity index (χ1n) is 9.74. The summed E-state index contributed by atoms with van der Waals surface area (Å²) >= 11 is 0. The average molecular weight is 464 g/mol. The predicted molar refractivity (Wildman–Crippen MR) is 109 cm³/mol. The van der Waals surface area contributed by atoms with Crippen molar-refractivity contribution in [1.82, 2.24) is 9.21 Å². The monoisotopic (exact) mass is 464 g/mol. The first-order valence-corrected chi connectivity index (χ1v) is 11.2. The van der Waals surface area contributed by atoms with Crippen molar-refractivity contribution < 1.29 is 36.6 Å². The third kappa shape index (κ3) is 3.78. The van der Waals surface area contributed by atoms with Gasteiger partial charge in [-0.1, -0.05) is 12.1 Å². The minimum atomic E-state index is -4.23. The molecule has 9 nitrogen and oxygen atoms in total. The van der Waals surface area contributed by atoms with Gasteiger partial charge in [0.15, 0.2) is 11.5 Å². The molecule has 2 aliphatic heterocycles. The van der Waals surface area contributed by atoms with E-state index >= 15 is 0 Å². The third-order valence-corrected chi connectivity index (χ3v) is 7.22. The quantitative estimate of drug-likeness (QED) is 0.662. The smallest absolute Gasteiger partial charge is 0.269 e. The number of ether oxygens (including phenoxy) is 3. The van der Waals surface area contributed by atoms with Gasteiger partial charge in [0.05, 0.1) is 32.9 Å². The number of carbonyl (C=O) groups excluding carboxylic acids is 2. The standard InChI is InChI=1S/C21H21FN2O7S/c1-29-16-9-15-19(10-17(16)30-2)32(27,28)24(21(15)26)12-20(25)23-7-8-31-18(11-23)13-3-5-14(22)6-4-13/h3-6,9-10,18H,7-8,11-12H2,1-2H3. The summed E-state index contributed by atoms with van der Waals surface area (Å²) in [6.07, 6.45) is -0.482. The Kier molecular flexibility index (Phi) is 5.78. The fourth-order valence-corrected chi connectivity index (χ4v) is 5.25. The van der Waals surface area contributed by atoms with Gasteiger partial charge in [0.1, 0.15) is 23.4 Å². The number of hydrogen-bond acceptors (Lipinski definition) is 7. The maximum atomic E-state index is 13.2. The topological polar surface area (TPSA) is 102 Å². The molecule has 11 heteroatoms. The minimum Gasteiger partial charge on any atom is -0.493 e. The van der Waals surface area contributed by atoms with E-state index in [1.54, 1.807) is 12.1 Å². The molecule has 0 spiro atoms. The number of methoxy groups -OCH3 is 2. The Morgan fingerprint density at radius 1 is 1.16 bits per heavy atom. The van der Waals surface area contributed by atoms with Crippen molar-refractivity contribution in [3.05, 3.63) is 53.3 Å². The molecule has 1 saturated heterocycles. The lowest BCUT2D eigenvalue weighted by atomic mass is 10.1. The zero-order valence-corrected chi connectivity index (χ0v) is 18.2. The van der Waals surface area contributed by atoms with E-state index in [-0.39, 0.29) is 47.5 Å². The zero-order valence-electron chi connectivity index (χ0n) is 17.4. The molecule has 2 aliphatic rings. The van der Waals surface area contributed by atoms with Crippen molar-refractivity contribution in [2.75, 3.05) is 40.5 Å². The maximum absolute atomic E-state index is 13.2. The first kappa shape index (κ1) is 22.0. The molecule has 4 rings (SSSR count). The molecule has 170 valence electrons. The largest absolute Gasteiger partial charge is 0.493 e. The highest BCUT2D eigenvalue weighted by Gasteiger charge is 2.44. The number of carbonyl (C=O) groups is 2. The molecule has 2 aromatic rings. The van der Waals surface area contributed by atoms with E-state index in [4.69, 9.17) is 14.2 Å². The molecule has 2 amide bonds. The highest BCUT2D eigenvalue weighted by atomic mass is 32.2. The van der Waals surface area contributed by atoms with Gasteiger partial charge in [-0.3, -0.25) is 9.59 Å². The molecule has 0 bridgehead atoms. The summed E-state index contributed by atoms with van der Waals surface area (Å²) in [7, 11) is -1.51. The number of hydrogen-bond donors (Lipinski definition) is 0. The molecule has 0 saturated carbocycles. The lowest BCUT2D eigenvalue weighted by Gasteiger charge is -2.34. The molecular formula is C21H21FN2O7S. The maximum Gasteiger partial charge on any atom is 0.269 e. The molecular weight excluding hydrogens is 443 g/mol. The van der Waals surface area contributed by atoms with E-state index in [0.29, 0.717) is 9.87 Å². The number of nitrogens with zero attached hydrogens (tertiary/aromatic N) is 2. The lowest BCUT2D eigenvalue weighted by molar-refractivity contribution is -0.138. The number of benzene rings is 2. The number of halogens is 1. The molecule has 0 N–H and O–H groups in total. The SMILES string of the molecule is COc1cc2c(cc1OC)S(=O)(=O)N(CC(=O)N1CCOC(c3ccc(F)cc3)C1)C2=O. The molecule has 1 fully saturated rings. The summed E-state index contributed by atoms with van der Waals surface area (Å²) in [5.74, 6) is -1.37. The van der Waals surface area contributed by atoms with Crippen LogP contribution in [0.1, 0.15) is 22.0 Å².